The molecule has 0 unspecified atom stereocenters. The van der Waals surface area contributed by atoms with E-state index < -0.39 is 17.6 Å². The summed E-state index contributed by atoms with van der Waals surface area (Å²) in [5, 5.41) is 2.72. The van der Waals surface area contributed by atoms with E-state index in [-0.39, 0.29) is 5.91 Å². The normalized spacial score (nSPS) is 16.0. The highest BCUT2D eigenvalue weighted by Crippen LogP contribution is 2.31. The second-order valence-electron chi connectivity index (χ2n) is 6.09. The molecule has 1 aromatic rings. The van der Waals surface area contributed by atoms with Crippen LogP contribution in [0, 0.1) is 0 Å². The van der Waals surface area contributed by atoms with Crippen LogP contribution in [0.15, 0.2) is 6.07 Å². The fourth-order valence-corrected chi connectivity index (χ4v) is 4.25. The van der Waals surface area contributed by atoms with Crippen molar-refractivity contribution >= 4 is 35.0 Å². The zero-order valence-electron chi connectivity index (χ0n) is 12.8. The Hall–Kier alpha value is -1.01. The van der Waals surface area contributed by atoms with Crippen LogP contribution >= 0.6 is 23.1 Å². The lowest BCUT2D eigenvalue weighted by atomic mass is 10.2. The molecule has 4 nitrogen and oxygen atoms in total. The number of hydrogen-bond donors (Lipinski definition) is 1. The predicted molar refractivity (Wildman–Crippen MR) is 87.0 cm³/mol. The Morgan fingerprint density at radius 3 is 2.71 bits per heavy atom. The first kappa shape index (κ1) is 16.4. The van der Waals surface area contributed by atoms with Gasteiger partial charge in [-0.25, -0.2) is 4.79 Å². The number of ether oxygens (including phenoxy) is 1. The van der Waals surface area contributed by atoms with Gasteiger partial charge in [0.1, 0.15) is 11.6 Å². The Kier molecular flexibility index (Phi) is 4.99. The summed E-state index contributed by atoms with van der Waals surface area (Å²) < 4.78 is 5.26. The molecule has 2 heterocycles. The Labute approximate surface area is 133 Å². The monoisotopic (exact) mass is 327 g/mol. The van der Waals surface area contributed by atoms with E-state index in [1.807, 2.05) is 38.6 Å². The minimum Gasteiger partial charge on any atom is -0.458 e. The first-order chi connectivity index (χ1) is 9.76. The smallest absolute Gasteiger partial charge is 0.328 e. The Bertz CT molecular complexity index is 522. The number of aryl methyl sites for hydroxylation is 1. The molecule has 0 aliphatic carbocycles. The van der Waals surface area contributed by atoms with Crippen molar-refractivity contribution in [1.29, 1.82) is 0 Å². The molecule has 1 atom stereocenters. The second kappa shape index (κ2) is 6.40. The van der Waals surface area contributed by atoms with E-state index in [1.165, 1.54) is 21.8 Å². The fourth-order valence-electron chi connectivity index (χ4n) is 1.98. The van der Waals surface area contributed by atoms with Crippen LogP contribution in [0.4, 0.5) is 0 Å². The molecular weight excluding hydrogens is 306 g/mol. The molecule has 0 saturated carbocycles. The Balaban J connectivity index is 1.97. The highest BCUT2D eigenvalue weighted by atomic mass is 32.2. The van der Waals surface area contributed by atoms with Crippen LogP contribution in [0.2, 0.25) is 0 Å². The molecule has 0 spiro atoms. The summed E-state index contributed by atoms with van der Waals surface area (Å²) in [6.45, 7) is 7.08. The van der Waals surface area contributed by atoms with Gasteiger partial charge in [-0.1, -0.05) is 0 Å². The van der Waals surface area contributed by atoms with Gasteiger partial charge in [-0.15, -0.1) is 11.3 Å². The standard InChI is InChI=1S/C15H21NO3S2/c1-9(14(18)19-15(2,3)4)16-13(17)12-7-10-8-20-6-5-11(10)21-12/h7,9H,5-6,8H2,1-4H3,(H,16,17)/t9-/m1/s1. The first-order valence-electron chi connectivity index (χ1n) is 6.99. The fraction of sp³-hybridized carbons (Fsp3) is 0.600. The molecule has 0 radical (unpaired) electrons. The van der Waals surface area contributed by atoms with Crippen molar-refractivity contribution in [3.63, 3.8) is 0 Å². The van der Waals surface area contributed by atoms with Gasteiger partial charge in [0.2, 0.25) is 0 Å². The van der Waals surface area contributed by atoms with E-state index in [2.05, 4.69) is 5.32 Å². The summed E-state index contributed by atoms with van der Waals surface area (Å²) in [7, 11) is 0. The molecule has 1 aliphatic heterocycles. The van der Waals surface area contributed by atoms with Gasteiger partial charge in [0.05, 0.1) is 4.88 Å². The lowest BCUT2D eigenvalue weighted by molar-refractivity contribution is -0.156. The number of hydrogen-bond acceptors (Lipinski definition) is 5. The number of carbonyl (C=O) groups is 2. The molecule has 0 fully saturated rings. The van der Waals surface area contributed by atoms with Crippen molar-refractivity contribution in [2.45, 2.75) is 51.5 Å². The van der Waals surface area contributed by atoms with Crippen LogP contribution < -0.4 is 5.32 Å². The maximum atomic E-state index is 12.2. The van der Waals surface area contributed by atoms with E-state index >= 15 is 0 Å². The number of thiophene rings is 1. The number of amides is 1. The summed E-state index contributed by atoms with van der Waals surface area (Å²) in [6.07, 6.45) is 1.03. The summed E-state index contributed by atoms with van der Waals surface area (Å²) in [5.41, 5.74) is 0.710. The molecular formula is C15H21NO3S2. The molecule has 0 bridgehead atoms. The van der Waals surface area contributed by atoms with Crippen LogP contribution in [0.3, 0.4) is 0 Å². The maximum Gasteiger partial charge on any atom is 0.328 e. The molecule has 1 aliphatic rings. The van der Waals surface area contributed by atoms with Crippen LogP contribution in [-0.2, 0) is 21.7 Å². The predicted octanol–water partition coefficient (Wildman–Crippen LogP) is 3.00. The average molecular weight is 327 g/mol. The van der Waals surface area contributed by atoms with Gasteiger partial charge in [0.25, 0.3) is 5.91 Å². The number of esters is 1. The third kappa shape index (κ3) is 4.48. The van der Waals surface area contributed by atoms with Gasteiger partial charge >= 0.3 is 5.97 Å². The molecule has 1 aromatic heterocycles. The number of rotatable bonds is 3. The van der Waals surface area contributed by atoms with Gasteiger partial charge in [0.15, 0.2) is 0 Å². The highest BCUT2D eigenvalue weighted by Gasteiger charge is 2.24. The van der Waals surface area contributed by atoms with Crippen LogP contribution in [0.25, 0.3) is 0 Å². The zero-order chi connectivity index (χ0) is 15.6. The van der Waals surface area contributed by atoms with Crippen LogP contribution in [0.5, 0.6) is 0 Å². The number of fused-ring (bicyclic) bond motifs is 1. The number of carbonyl (C=O) groups excluding carboxylic acids is 2. The quantitative estimate of drug-likeness (QED) is 0.867. The van der Waals surface area contributed by atoms with E-state index in [0.717, 1.165) is 17.9 Å². The lowest BCUT2D eigenvalue weighted by Crippen LogP contribution is -2.42. The SMILES string of the molecule is C[C@@H](NC(=O)c1cc2c(s1)CCSC2)C(=O)OC(C)(C)C. The minimum atomic E-state index is -0.648. The topological polar surface area (TPSA) is 55.4 Å². The average Bonchev–Trinajstić information content (AvgIpc) is 2.80. The van der Waals surface area contributed by atoms with Crippen molar-refractivity contribution < 1.29 is 14.3 Å². The van der Waals surface area contributed by atoms with Crippen molar-refractivity contribution in [2.75, 3.05) is 5.75 Å². The van der Waals surface area contributed by atoms with E-state index in [4.69, 9.17) is 4.74 Å². The molecule has 1 N–H and O–H groups in total. The third-order valence-corrected chi connectivity index (χ3v) is 5.20. The van der Waals surface area contributed by atoms with Crippen LogP contribution in [-0.4, -0.2) is 29.3 Å². The van der Waals surface area contributed by atoms with Gasteiger partial charge in [-0.2, -0.15) is 11.8 Å². The molecule has 2 rings (SSSR count). The van der Waals surface area contributed by atoms with Crippen LogP contribution in [0.1, 0.15) is 47.8 Å². The summed E-state index contributed by atoms with van der Waals surface area (Å²) in [6, 6.07) is 1.30. The zero-order valence-corrected chi connectivity index (χ0v) is 14.5. The Morgan fingerprint density at radius 2 is 2.10 bits per heavy atom. The maximum absolute atomic E-state index is 12.2. The minimum absolute atomic E-state index is 0.197. The van der Waals surface area contributed by atoms with Gasteiger partial charge < -0.3 is 10.1 Å². The molecule has 0 saturated heterocycles. The van der Waals surface area contributed by atoms with E-state index in [9.17, 15) is 9.59 Å². The van der Waals surface area contributed by atoms with Crippen molar-refractivity contribution in [2.24, 2.45) is 0 Å². The third-order valence-electron chi connectivity index (χ3n) is 2.96. The molecule has 1 amide bonds. The van der Waals surface area contributed by atoms with E-state index in [0.29, 0.717) is 4.88 Å². The summed E-state index contributed by atoms with van der Waals surface area (Å²) >= 11 is 3.42. The molecule has 21 heavy (non-hydrogen) atoms. The Morgan fingerprint density at radius 1 is 1.38 bits per heavy atom. The molecule has 6 heteroatoms. The van der Waals surface area contributed by atoms with E-state index in [1.54, 1.807) is 6.92 Å². The second-order valence-corrected chi connectivity index (χ2v) is 8.33. The van der Waals surface area contributed by atoms with Gasteiger partial charge in [0, 0.05) is 10.6 Å². The summed E-state index contributed by atoms with van der Waals surface area (Å²) in [5.74, 6) is 1.48. The van der Waals surface area contributed by atoms with Gasteiger partial charge in [-0.05, 0) is 51.5 Å². The largest absolute Gasteiger partial charge is 0.458 e. The van der Waals surface area contributed by atoms with Gasteiger partial charge in [-0.3, -0.25) is 4.79 Å². The molecule has 0 aromatic carbocycles. The number of thioether (sulfide) groups is 1. The summed E-state index contributed by atoms with van der Waals surface area (Å²) in [4.78, 5) is 26.1. The lowest BCUT2D eigenvalue weighted by Gasteiger charge is -2.22. The highest BCUT2D eigenvalue weighted by molar-refractivity contribution is 7.98. The van der Waals surface area contributed by atoms with Crippen molar-refractivity contribution in [3.05, 3.63) is 21.4 Å². The number of nitrogens with one attached hydrogen (secondary N) is 1. The van der Waals surface area contributed by atoms with Crippen molar-refractivity contribution in [1.82, 2.24) is 5.32 Å². The van der Waals surface area contributed by atoms with Crippen molar-refractivity contribution in [3.8, 4) is 0 Å². The molecule has 116 valence electrons. The first-order valence-corrected chi connectivity index (χ1v) is 8.96.